The molecule has 25 heteroatoms. The number of carboxylic acid groups (broad SMARTS) is 1. The highest BCUT2D eigenvalue weighted by molar-refractivity contribution is 5.76. The molecular weight excluding hydrogens is 746 g/mol. The number of nitrogens with one attached hydrogen (secondary N) is 1. The lowest BCUT2D eigenvalue weighted by molar-refractivity contribution is -0.389. The number of aliphatic hydroxyl groups is 15. The summed E-state index contributed by atoms with van der Waals surface area (Å²) < 4.78 is 32.8. The molecule has 1 amide bonds. The number of carboxylic acids is 1. The van der Waals surface area contributed by atoms with Gasteiger partial charge in [0.2, 0.25) is 5.91 Å². The number of hydrogen-bond acceptors (Lipinski definition) is 23. The van der Waals surface area contributed by atoms with Crippen LogP contribution in [0.15, 0.2) is 0 Å². The molecule has 3 saturated heterocycles. The van der Waals surface area contributed by atoms with Gasteiger partial charge in [-0.2, -0.15) is 0 Å². The molecule has 0 spiro atoms. The van der Waals surface area contributed by atoms with Crippen LogP contribution in [0.5, 0.6) is 0 Å². The van der Waals surface area contributed by atoms with Gasteiger partial charge in [0.05, 0.1) is 45.2 Å². The van der Waals surface area contributed by atoms with E-state index in [1.807, 2.05) is 0 Å². The summed E-state index contributed by atoms with van der Waals surface area (Å²) in [5.74, 6) is -5.97. The first-order valence-corrected chi connectivity index (χ1v) is 16.7. The van der Waals surface area contributed by atoms with Crippen LogP contribution in [0.4, 0.5) is 0 Å². The van der Waals surface area contributed by atoms with Gasteiger partial charge in [-0.25, -0.2) is 4.79 Å². The number of carbonyl (C=O) groups excluding carboxylic acids is 1. The molecule has 316 valence electrons. The number of amides is 1. The third kappa shape index (κ3) is 10.1. The molecule has 20 atom stereocenters. The van der Waals surface area contributed by atoms with E-state index in [0.717, 1.165) is 6.92 Å². The van der Waals surface area contributed by atoms with Crippen LogP contribution in [0.3, 0.4) is 0 Å². The van der Waals surface area contributed by atoms with Crippen molar-refractivity contribution in [3.05, 3.63) is 0 Å². The van der Waals surface area contributed by atoms with E-state index in [-0.39, 0.29) is 0 Å². The summed E-state index contributed by atoms with van der Waals surface area (Å²) in [6, 6.07) is -1.61. The van der Waals surface area contributed by atoms with E-state index < -0.39 is 173 Å². The van der Waals surface area contributed by atoms with Gasteiger partial charge in [-0.15, -0.1) is 0 Å². The average Bonchev–Trinajstić information content (AvgIpc) is 3.14. The summed E-state index contributed by atoms with van der Waals surface area (Å²) in [5, 5.41) is 167. The van der Waals surface area contributed by atoms with Gasteiger partial charge in [-0.05, 0) is 0 Å². The van der Waals surface area contributed by atoms with E-state index >= 15 is 0 Å². The molecule has 17 N–H and O–H groups in total. The topological polar surface area (TPSA) is 425 Å². The minimum atomic E-state index is -3.13. The van der Waals surface area contributed by atoms with E-state index in [1.165, 1.54) is 0 Å². The summed E-state index contributed by atoms with van der Waals surface area (Å²) in [7, 11) is 0. The highest BCUT2D eigenvalue weighted by Gasteiger charge is 2.60. The number of aliphatic hydroxyl groups excluding tert-OH is 15. The van der Waals surface area contributed by atoms with E-state index in [1.54, 1.807) is 0 Å². The van der Waals surface area contributed by atoms with Crippen LogP contribution in [0.2, 0.25) is 0 Å². The standard InChI is InChI=1S/C29H51NO24/c1-8(36)30-15-9(37)2-29(28(47)48,53-23(15)17(42)11(39)4-32)54-25-19(44)14(7-35)50-27(21(25)46)52-24-18(43)13(6-34)49-26(20(24)45)51-22(12(40)5-33)16(41)10(38)3-31/h9-27,31-35,37-46H,2-7H2,1H3,(H,30,36)(H,47,48)/t9-,10-,11+,12+,13+,14+,15+,16+,17+,18-,19-,20+,21+,22+,23+,24-,25-,26-,27+,29-/m0/s1. The van der Waals surface area contributed by atoms with Gasteiger partial charge in [0.15, 0.2) is 12.6 Å². The predicted octanol–water partition coefficient (Wildman–Crippen LogP) is -10.8. The Bertz CT molecular complexity index is 1190. The average molecular weight is 798 g/mol. The first-order chi connectivity index (χ1) is 25.3. The number of hydrogen-bond donors (Lipinski definition) is 17. The molecule has 0 aliphatic carbocycles. The van der Waals surface area contributed by atoms with Gasteiger partial charge >= 0.3 is 5.97 Å². The van der Waals surface area contributed by atoms with E-state index in [9.17, 15) is 91.3 Å². The molecular formula is C29H51NO24. The normalized spacial score (nSPS) is 40.9. The molecule has 0 aromatic rings. The second-order valence-corrected chi connectivity index (χ2v) is 13.1. The summed E-state index contributed by atoms with van der Waals surface area (Å²) >= 11 is 0. The third-order valence-corrected chi connectivity index (χ3v) is 9.22. The Labute approximate surface area is 305 Å². The first-order valence-electron chi connectivity index (χ1n) is 16.7. The maximum Gasteiger partial charge on any atom is 0.364 e. The Morgan fingerprint density at radius 3 is 1.78 bits per heavy atom. The fourth-order valence-electron chi connectivity index (χ4n) is 6.24. The van der Waals surface area contributed by atoms with Crippen molar-refractivity contribution in [2.45, 2.75) is 135 Å². The van der Waals surface area contributed by atoms with Crippen LogP contribution in [0, 0.1) is 0 Å². The maximum absolute atomic E-state index is 12.7. The fraction of sp³-hybridized carbons (Fsp3) is 0.931. The van der Waals surface area contributed by atoms with Gasteiger partial charge in [0.25, 0.3) is 5.79 Å². The van der Waals surface area contributed by atoms with Crippen molar-refractivity contribution in [2.24, 2.45) is 0 Å². The van der Waals surface area contributed by atoms with Gasteiger partial charge in [0.1, 0.15) is 91.6 Å². The molecule has 3 rings (SSSR count). The summed E-state index contributed by atoms with van der Waals surface area (Å²) in [6.07, 6.45) is -38.2. The predicted molar refractivity (Wildman–Crippen MR) is 165 cm³/mol. The minimum Gasteiger partial charge on any atom is -0.477 e. The maximum atomic E-state index is 12.7. The molecule has 0 bridgehead atoms. The van der Waals surface area contributed by atoms with Crippen LogP contribution < -0.4 is 5.32 Å². The quantitative estimate of drug-likeness (QED) is 0.0612. The summed E-state index contributed by atoms with van der Waals surface area (Å²) in [6.45, 7) is -4.33. The largest absolute Gasteiger partial charge is 0.477 e. The zero-order valence-electron chi connectivity index (χ0n) is 28.6. The molecule has 0 aromatic carbocycles. The van der Waals surface area contributed by atoms with Crippen molar-refractivity contribution in [2.75, 3.05) is 33.0 Å². The molecule has 25 nitrogen and oxygen atoms in total. The van der Waals surface area contributed by atoms with Crippen LogP contribution in [-0.4, -0.2) is 249 Å². The highest BCUT2D eigenvalue weighted by atomic mass is 16.8. The van der Waals surface area contributed by atoms with Crippen molar-refractivity contribution >= 4 is 11.9 Å². The number of rotatable bonds is 18. The molecule has 0 aromatic heterocycles. The zero-order valence-corrected chi connectivity index (χ0v) is 28.6. The second kappa shape index (κ2) is 20.0. The molecule has 3 heterocycles. The van der Waals surface area contributed by atoms with Crippen molar-refractivity contribution < 1.29 is 120 Å². The summed E-state index contributed by atoms with van der Waals surface area (Å²) in [5.41, 5.74) is 0. The zero-order chi connectivity index (χ0) is 40.8. The van der Waals surface area contributed by atoms with Gasteiger partial charge in [0, 0.05) is 13.3 Å². The first kappa shape index (κ1) is 46.5. The lowest BCUT2D eigenvalue weighted by Crippen LogP contribution is -2.71. The lowest BCUT2D eigenvalue weighted by atomic mass is 9.88. The number of aliphatic carboxylic acids is 1. The van der Waals surface area contributed by atoms with Crippen LogP contribution >= 0.6 is 0 Å². The summed E-state index contributed by atoms with van der Waals surface area (Å²) in [4.78, 5) is 24.6. The fourth-order valence-corrected chi connectivity index (χ4v) is 6.24. The molecule has 0 saturated carbocycles. The second-order valence-electron chi connectivity index (χ2n) is 13.1. The van der Waals surface area contributed by atoms with Crippen molar-refractivity contribution in [1.29, 1.82) is 0 Å². The van der Waals surface area contributed by atoms with Gasteiger partial charge in [-0.1, -0.05) is 0 Å². The van der Waals surface area contributed by atoms with Crippen LogP contribution in [0.25, 0.3) is 0 Å². The smallest absolute Gasteiger partial charge is 0.364 e. The number of carbonyl (C=O) groups is 2. The van der Waals surface area contributed by atoms with Gasteiger partial charge in [-0.3, -0.25) is 4.79 Å². The molecule has 0 unspecified atom stereocenters. The SMILES string of the molecule is CC(=O)N[C@H]1[C@H]([C@H](O)[C@H](O)CO)O[C@@](O[C@H]2[C@@H](O)[C@@H](CO)O[C@H](O[C@H]3[C@@H](O)[C@@H](CO)O[C@@H](O[C@@H]([C@H](O)[C@@H](O)CO)[C@H](O)CO)[C@@H]3O)[C@@H]2O)(C(=O)O)C[C@@H]1O. The van der Waals surface area contributed by atoms with Gasteiger partial charge < -0.3 is 115 Å². The van der Waals surface area contributed by atoms with Crippen LogP contribution in [0.1, 0.15) is 13.3 Å². The monoisotopic (exact) mass is 797 g/mol. The Balaban J connectivity index is 1.96. The third-order valence-electron chi connectivity index (χ3n) is 9.22. The highest BCUT2D eigenvalue weighted by Crippen LogP contribution is 2.38. The molecule has 3 fully saturated rings. The molecule has 0 radical (unpaired) electrons. The lowest BCUT2D eigenvalue weighted by Gasteiger charge is -2.50. The van der Waals surface area contributed by atoms with E-state index in [2.05, 4.69) is 5.32 Å². The minimum absolute atomic E-state index is 0.796. The van der Waals surface area contributed by atoms with Crippen LogP contribution in [-0.2, 0) is 38.0 Å². The van der Waals surface area contributed by atoms with Crippen molar-refractivity contribution in [3.63, 3.8) is 0 Å². The Morgan fingerprint density at radius 1 is 0.759 bits per heavy atom. The molecule has 54 heavy (non-hydrogen) atoms. The Kier molecular flexibility index (Phi) is 17.2. The van der Waals surface area contributed by atoms with E-state index in [4.69, 9.17) is 28.4 Å². The Morgan fingerprint density at radius 2 is 1.28 bits per heavy atom. The van der Waals surface area contributed by atoms with Crippen molar-refractivity contribution in [1.82, 2.24) is 5.32 Å². The van der Waals surface area contributed by atoms with E-state index in [0.29, 0.717) is 0 Å². The molecule has 3 aliphatic rings. The number of ether oxygens (including phenoxy) is 6. The molecule has 3 aliphatic heterocycles. The Hall–Kier alpha value is -1.90. The van der Waals surface area contributed by atoms with Crippen molar-refractivity contribution in [3.8, 4) is 0 Å².